The first-order valence-corrected chi connectivity index (χ1v) is 16.0. The Kier molecular flexibility index (Phi) is 21.7. The predicted molar refractivity (Wildman–Crippen MR) is 169 cm³/mol. The maximum atomic E-state index is 13.4. The van der Waals surface area contributed by atoms with Gasteiger partial charge in [-0.2, -0.15) is 0 Å². The number of methoxy groups -OCH3 is 1. The van der Waals surface area contributed by atoms with Crippen molar-refractivity contribution in [2.24, 2.45) is 0 Å². The summed E-state index contributed by atoms with van der Waals surface area (Å²) in [6.07, 6.45) is 10.5. The number of carbonyl (C=O) groups excluding carboxylic acids is 1. The van der Waals surface area contributed by atoms with Gasteiger partial charge in [0.15, 0.2) is 0 Å². The highest BCUT2D eigenvalue weighted by Gasteiger charge is 2.42. The molecule has 0 aromatic heterocycles. The molecule has 0 heterocycles. The SMILES string of the molecule is CCCCCCCCCCOCCOCCOCCOCCOCCOC(OC)(C(=O)c1ccccc1)c1ccccc1. The lowest BCUT2D eigenvalue weighted by Crippen LogP contribution is -2.41. The van der Waals surface area contributed by atoms with Gasteiger partial charge in [0.1, 0.15) is 0 Å². The van der Waals surface area contributed by atoms with Crippen LogP contribution in [0.15, 0.2) is 60.7 Å². The van der Waals surface area contributed by atoms with Gasteiger partial charge in [-0.25, -0.2) is 0 Å². The van der Waals surface area contributed by atoms with E-state index in [2.05, 4.69) is 6.92 Å². The maximum absolute atomic E-state index is 13.4. The van der Waals surface area contributed by atoms with Gasteiger partial charge < -0.3 is 33.2 Å². The molecule has 0 aliphatic heterocycles. The standard InChI is InChI=1S/C35H54O8/c1-3-4-5-6-7-8-9-16-21-38-22-23-39-24-25-40-26-27-41-28-29-42-30-31-43-35(37-2,33-19-14-11-15-20-33)34(36)32-17-12-10-13-18-32/h10-15,17-20H,3-9,16,21-31H2,1-2H3. The fourth-order valence-corrected chi connectivity index (χ4v) is 4.55. The summed E-state index contributed by atoms with van der Waals surface area (Å²) in [4.78, 5) is 13.4. The van der Waals surface area contributed by atoms with Crippen molar-refractivity contribution >= 4 is 5.78 Å². The van der Waals surface area contributed by atoms with E-state index in [1.54, 1.807) is 12.1 Å². The summed E-state index contributed by atoms with van der Waals surface area (Å²) >= 11 is 0. The van der Waals surface area contributed by atoms with Crippen molar-refractivity contribution in [3.63, 3.8) is 0 Å². The van der Waals surface area contributed by atoms with E-state index in [1.165, 1.54) is 52.1 Å². The van der Waals surface area contributed by atoms with Crippen LogP contribution in [-0.2, 0) is 38.9 Å². The van der Waals surface area contributed by atoms with Crippen molar-refractivity contribution in [2.45, 2.75) is 64.1 Å². The minimum absolute atomic E-state index is 0.175. The maximum Gasteiger partial charge on any atom is 0.261 e. The number of ether oxygens (including phenoxy) is 7. The summed E-state index contributed by atoms with van der Waals surface area (Å²) in [7, 11) is 1.48. The molecule has 8 heteroatoms. The smallest absolute Gasteiger partial charge is 0.261 e. The minimum atomic E-state index is -1.55. The number of hydrogen-bond donors (Lipinski definition) is 0. The predicted octanol–water partition coefficient (Wildman–Crippen LogP) is 6.61. The van der Waals surface area contributed by atoms with Crippen LogP contribution < -0.4 is 0 Å². The van der Waals surface area contributed by atoms with Crippen LogP contribution in [0.5, 0.6) is 0 Å². The summed E-state index contributed by atoms with van der Waals surface area (Å²) < 4.78 is 39.7. The van der Waals surface area contributed by atoms with E-state index in [9.17, 15) is 4.79 Å². The normalized spacial score (nSPS) is 12.8. The molecule has 0 bridgehead atoms. The third kappa shape index (κ3) is 15.9. The molecule has 2 aromatic carbocycles. The van der Waals surface area contributed by atoms with Crippen LogP contribution in [0.3, 0.4) is 0 Å². The van der Waals surface area contributed by atoms with Gasteiger partial charge in [0, 0.05) is 24.8 Å². The molecule has 8 nitrogen and oxygen atoms in total. The molecule has 0 N–H and O–H groups in total. The Bertz CT molecular complexity index is 911. The second kappa shape index (κ2) is 25.2. The Morgan fingerprint density at radius 2 is 0.953 bits per heavy atom. The van der Waals surface area contributed by atoms with Crippen LogP contribution in [0, 0.1) is 0 Å². The monoisotopic (exact) mass is 602 g/mol. The number of rotatable bonds is 29. The minimum Gasteiger partial charge on any atom is -0.379 e. The highest BCUT2D eigenvalue weighted by atomic mass is 16.7. The first-order valence-electron chi connectivity index (χ1n) is 16.0. The summed E-state index contributed by atoms with van der Waals surface area (Å²) in [5, 5.41) is 0. The second-order valence-corrected chi connectivity index (χ2v) is 10.3. The molecule has 0 aliphatic carbocycles. The Morgan fingerprint density at radius 1 is 0.535 bits per heavy atom. The van der Waals surface area contributed by atoms with E-state index in [0.29, 0.717) is 70.6 Å². The number of ketones is 1. The molecule has 242 valence electrons. The van der Waals surface area contributed by atoms with Crippen molar-refractivity contribution in [3.05, 3.63) is 71.8 Å². The molecule has 2 rings (SSSR count). The Morgan fingerprint density at radius 3 is 1.44 bits per heavy atom. The second-order valence-electron chi connectivity index (χ2n) is 10.3. The van der Waals surface area contributed by atoms with Crippen LogP contribution in [0.25, 0.3) is 0 Å². The van der Waals surface area contributed by atoms with Crippen molar-refractivity contribution < 1.29 is 38.0 Å². The zero-order valence-electron chi connectivity index (χ0n) is 26.5. The fraction of sp³-hybridized carbons (Fsp3) is 0.629. The van der Waals surface area contributed by atoms with Gasteiger partial charge in [0.2, 0.25) is 5.78 Å². The Hall–Kier alpha value is -2.17. The van der Waals surface area contributed by atoms with E-state index in [0.717, 1.165) is 13.0 Å². The molecule has 0 saturated carbocycles. The molecule has 2 aromatic rings. The average Bonchev–Trinajstić information content (AvgIpc) is 3.05. The Labute approximate surface area is 259 Å². The molecule has 1 atom stereocenters. The third-order valence-electron chi connectivity index (χ3n) is 6.94. The molecule has 0 fully saturated rings. The molecule has 0 saturated heterocycles. The quantitative estimate of drug-likeness (QED) is 0.0585. The third-order valence-corrected chi connectivity index (χ3v) is 6.94. The van der Waals surface area contributed by atoms with Gasteiger partial charge in [-0.1, -0.05) is 113 Å². The van der Waals surface area contributed by atoms with E-state index >= 15 is 0 Å². The van der Waals surface area contributed by atoms with Crippen LogP contribution >= 0.6 is 0 Å². The molecule has 1 unspecified atom stereocenters. The first kappa shape index (κ1) is 37.0. The number of unbranched alkanes of at least 4 members (excludes halogenated alkanes) is 7. The Balaban J connectivity index is 1.43. The van der Waals surface area contributed by atoms with E-state index < -0.39 is 5.79 Å². The van der Waals surface area contributed by atoms with Gasteiger partial charge in [0.25, 0.3) is 5.79 Å². The molecule has 0 amide bonds. The number of Topliss-reactive ketones (excluding diaryl/α,β-unsaturated/α-hetero) is 1. The van der Waals surface area contributed by atoms with Gasteiger partial charge >= 0.3 is 0 Å². The highest BCUT2D eigenvalue weighted by Crippen LogP contribution is 2.31. The van der Waals surface area contributed by atoms with Crippen molar-refractivity contribution in [3.8, 4) is 0 Å². The van der Waals surface area contributed by atoms with E-state index in [4.69, 9.17) is 33.2 Å². The fourth-order valence-electron chi connectivity index (χ4n) is 4.55. The van der Waals surface area contributed by atoms with E-state index in [-0.39, 0.29) is 12.4 Å². The summed E-state index contributed by atoms with van der Waals surface area (Å²) in [6, 6.07) is 18.2. The lowest BCUT2D eigenvalue weighted by Gasteiger charge is -2.31. The first-order chi connectivity index (χ1) is 21.2. The average molecular weight is 603 g/mol. The lowest BCUT2D eigenvalue weighted by molar-refractivity contribution is -0.200. The molecule has 43 heavy (non-hydrogen) atoms. The lowest BCUT2D eigenvalue weighted by atomic mass is 9.96. The molecule has 0 spiro atoms. The molecular weight excluding hydrogens is 548 g/mol. The van der Waals surface area contributed by atoms with Crippen LogP contribution in [0.2, 0.25) is 0 Å². The molecular formula is C35H54O8. The largest absolute Gasteiger partial charge is 0.379 e. The van der Waals surface area contributed by atoms with Crippen LogP contribution in [-0.4, -0.2) is 85.6 Å². The topological polar surface area (TPSA) is 81.7 Å². The highest BCUT2D eigenvalue weighted by molar-refractivity contribution is 6.02. The van der Waals surface area contributed by atoms with Gasteiger partial charge in [-0.05, 0) is 6.42 Å². The van der Waals surface area contributed by atoms with Crippen molar-refractivity contribution in [1.29, 1.82) is 0 Å². The zero-order chi connectivity index (χ0) is 30.7. The zero-order valence-corrected chi connectivity index (χ0v) is 26.5. The number of carbonyl (C=O) groups is 1. The van der Waals surface area contributed by atoms with Gasteiger partial charge in [-0.15, -0.1) is 0 Å². The number of hydrogen-bond acceptors (Lipinski definition) is 8. The van der Waals surface area contributed by atoms with E-state index in [1.807, 2.05) is 48.5 Å². The van der Waals surface area contributed by atoms with Crippen LogP contribution in [0.4, 0.5) is 0 Å². The van der Waals surface area contributed by atoms with Gasteiger partial charge in [-0.3, -0.25) is 4.79 Å². The summed E-state index contributed by atoms with van der Waals surface area (Å²) in [5.41, 5.74) is 1.14. The summed E-state index contributed by atoms with van der Waals surface area (Å²) in [6.45, 7) is 7.65. The number of benzene rings is 2. The van der Waals surface area contributed by atoms with Gasteiger partial charge in [0.05, 0.1) is 66.1 Å². The summed E-state index contributed by atoms with van der Waals surface area (Å²) in [5.74, 6) is -1.82. The molecule has 0 aliphatic rings. The molecule has 0 radical (unpaired) electrons. The van der Waals surface area contributed by atoms with Crippen LogP contribution in [0.1, 0.15) is 74.2 Å². The van der Waals surface area contributed by atoms with Crippen molar-refractivity contribution in [2.75, 3.05) is 79.8 Å². The van der Waals surface area contributed by atoms with Crippen molar-refractivity contribution in [1.82, 2.24) is 0 Å².